The maximum atomic E-state index is 5.77. The lowest BCUT2D eigenvalue weighted by Crippen LogP contribution is -2.54. The Morgan fingerprint density at radius 2 is 1.81 bits per heavy atom. The van der Waals surface area contributed by atoms with Gasteiger partial charge in [-0.1, -0.05) is 13.0 Å². The minimum atomic E-state index is 0.324. The van der Waals surface area contributed by atoms with Crippen molar-refractivity contribution in [2.24, 2.45) is 0 Å². The second-order valence-electron chi connectivity index (χ2n) is 8.12. The molecule has 5 rings (SSSR count). The highest BCUT2D eigenvalue weighted by molar-refractivity contribution is 5.55. The highest BCUT2D eigenvalue weighted by atomic mass is 16.7. The van der Waals surface area contributed by atoms with Crippen LogP contribution in [0.25, 0.3) is 0 Å². The van der Waals surface area contributed by atoms with Gasteiger partial charge in [-0.15, -0.1) is 0 Å². The molecule has 0 radical (unpaired) electrons. The van der Waals surface area contributed by atoms with Gasteiger partial charge in [-0.3, -0.25) is 0 Å². The van der Waals surface area contributed by atoms with Crippen LogP contribution in [0.1, 0.15) is 41.1 Å². The van der Waals surface area contributed by atoms with Crippen molar-refractivity contribution in [2.45, 2.75) is 31.8 Å². The van der Waals surface area contributed by atoms with Gasteiger partial charge in [0.05, 0.1) is 33.4 Å². The first-order chi connectivity index (χ1) is 13.1. The van der Waals surface area contributed by atoms with E-state index in [4.69, 9.17) is 18.9 Å². The van der Waals surface area contributed by atoms with Crippen LogP contribution in [0, 0.1) is 0 Å². The summed E-state index contributed by atoms with van der Waals surface area (Å²) in [7, 11) is 5.81. The molecule has 3 atom stereocenters. The number of methoxy groups -OCH3 is 2. The van der Waals surface area contributed by atoms with Crippen molar-refractivity contribution in [3.8, 4) is 23.0 Å². The third-order valence-electron chi connectivity index (χ3n) is 6.68. The van der Waals surface area contributed by atoms with Crippen LogP contribution in [0.5, 0.6) is 23.0 Å². The topological polar surface area (TPSA) is 36.9 Å². The van der Waals surface area contributed by atoms with Gasteiger partial charge in [-0.2, -0.15) is 0 Å². The molecule has 0 bridgehead atoms. The summed E-state index contributed by atoms with van der Waals surface area (Å²) < 4.78 is 23.6. The van der Waals surface area contributed by atoms with Gasteiger partial charge in [0.2, 0.25) is 6.79 Å². The molecule has 27 heavy (non-hydrogen) atoms. The number of quaternary nitrogens is 1. The van der Waals surface area contributed by atoms with Gasteiger partial charge in [0, 0.05) is 17.9 Å². The molecule has 0 N–H and O–H groups in total. The Kier molecular flexibility index (Phi) is 3.60. The molecule has 3 aliphatic rings. The lowest BCUT2D eigenvalue weighted by Gasteiger charge is -2.51. The number of likely N-dealkylation sites (N-methyl/N-ethyl adjacent to an activating group) is 1. The predicted octanol–water partition coefficient (Wildman–Crippen LogP) is 3.79. The summed E-state index contributed by atoms with van der Waals surface area (Å²) in [5, 5.41) is 0. The van der Waals surface area contributed by atoms with E-state index in [0.717, 1.165) is 47.0 Å². The molecule has 142 valence electrons. The summed E-state index contributed by atoms with van der Waals surface area (Å²) in [6.45, 7) is 4.70. The van der Waals surface area contributed by atoms with Gasteiger partial charge in [0.25, 0.3) is 0 Å². The number of benzene rings is 2. The quantitative estimate of drug-likeness (QED) is 0.756. The molecule has 0 fully saturated rings. The summed E-state index contributed by atoms with van der Waals surface area (Å²) >= 11 is 0. The number of hydrogen-bond donors (Lipinski definition) is 0. The summed E-state index contributed by atoms with van der Waals surface area (Å²) in [5.41, 5.74) is 5.45. The number of hydrogen-bond acceptors (Lipinski definition) is 4. The van der Waals surface area contributed by atoms with Crippen LogP contribution in [0.3, 0.4) is 0 Å². The van der Waals surface area contributed by atoms with Crippen LogP contribution in [-0.4, -0.2) is 39.1 Å². The monoisotopic (exact) mass is 368 g/mol. The Bertz CT molecular complexity index is 925. The Labute approximate surface area is 160 Å². The van der Waals surface area contributed by atoms with Crippen molar-refractivity contribution in [1.29, 1.82) is 0 Å². The summed E-state index contributed by atoms with van der Waals surface area (Å²) in [4.78, 5) is 0. The van der Waals surface area contributed by atoms with Gasteiger partial charge in [-0.25, -0.2) is 0 Å². The molecule has 0 aromatic heterocycles. The first-order valence-electron chi connectivity index (χ1n) is 9.56. The minimum Gasteiger partial charge on any atom is -0.493 e. The molecule has 3 aliphatic heterocycles. The molecule has 0 unspecified atom stereocenters. The fourth-order valence-electron chi connectivity index (χ4n) is 5.46. The predicted molar refractivity (Wildman–Crippen MR) is 102 cm³/mol. The standard InChI is InChI=1S/C22H26NO4/c1-13-15-5-6-18(24-3)22(25-4)17(15)11-23(2)8-7-14-9-19-20(27-12-26-19)10-16(14)21(13)23/h5-6,9-10,13,21H,7-8,11-12H2,1-4H3/q+1/t13-,21+,23+/m0/s1. The number of ether oxygens (including phenoxy) is 4. The van der Waals surface area contributed by atoms with E-state index in [0.29, 0.717) is 18.8 Å². The molecule has 0 amide bonds. The van der Waals surface area contributed by atoms with Crippen molar-refractivity contribution >= 4 is 0 Å². The van der Waals surface area contributed by atoms with Crippen molar-refractivity contribution in [2.75, 3.05) is 34.6 Å². The second-order valence-corrected chi connectivity index (χ2v) is 8.12. The van der Waals surface area contributed by atoms with E-state index in [-0.39, 0.29) is 0 Å². The molecule has 2 aromatic carbocycles. The molecule has 0 spiro atoms. The molecule has 0 saturated carbocycles. The van der Waals surface area contributed by atoms with Crippen LogP contribution in [0.15, 0.2) is 24.3 Å². The lowest BCUT2D eigenvalue weighted by atomic mass is 9.75. The zero-order chi connectivity index (χ0) is 18.8. The normalized spacial score (nSPS) is 27.4. The maximum Gasteiger partial charge on any atom is 0.231 e. The molecule has 3 heterocycles. The highest BCUT2D eigenvalue weighted by Gasteiger charge is 2.48. The third-order valence-corrected chi connectivity index (χ3v) is 6.68. The molecular formula is C22H26NO4+. The first-order valence-corrected chi connectivity index (χ1v) is 9.56. The Balaban J connectivity index is 1.67. The second kappa shape index (κ2) is 5.80. The molecule has 2 aromatic rings. The molecular weight excluding hydrogens is 342 g/mol. The molecule has 5 heteroatoms. The van der Waals surface area contributed by atoms with Crippen LogP contribution >= 0.6 is 0 Å². The van der Waals surface area contributed by atoms with E-state index in [9.17, 15) is 0 Å². The average molecular weight is 368 g/mol. The molecule has 0 aliphatic carbocycles. The third kappa shape index (κ3) is 2.27. The zero-order valence-electron chi connectivity index (χ0n) is 16.4. The van der Waals surface area contributed by atoms with Gasteiger partial charge < -0.3 is 23.4 Å². The van der Waals surface area contributed by atoms with Crippen LogP contribution in [0.4, 0.5) is 0 Å². The van der Waals surface area contributed by atoms with Crippen LogP contribution < -0.4 is 18.9 Å². The van der Waals surface area contributed by atoms with E-state index in [2.05, 4.69) is 32.2 Å². The number of fused-ring (bicyclic) bond motifs is 5. The van der Waals surface area contributed by atoms with E-state index >= 15 is 0 Å². The van der Waals surface area contributed by atoms with Crippen molar-refractivity contribution in [3.05, 3.63) is 46.5 Å². The average Bonchev–Trinajstić information content (AvgIpc) is 3.12. The highest BCUT2D eigenvalue weighted by Crippen LogP contribution is 2.54. The van der Waals surface area contributed by atoms with Crippen LogP contribution in [0.2, 0.25) is 0 Å². The summed E-state index contributed by atoms with van der Waals surface area (Å²) in [6, 6.07) is 9.06. The zero-order valence-corrected chi connectivity index (χ0v) is 16.4. The van der Waals surface area contributed by atoms with Crippen molar-refractivity contribution < 1.29 is 23.4 Å². The van der Waals surface area contributed by atoms with Gasteiger partial charge in [0.15, 0.2) is 23.0 Å². The first kappa shape index (κ1) is 16.8. The van der Waals surface area contributed by atoms with Crippen LogP contribution in [-0.2, 0) is 13.0 Å². The fraction of sp³-hybridized carbons (Fsp3) is 0.455. The van der Waals surface area contributed by atoms with E-state index in [1.165, 1.54) is 22.3 Å². The lowest BCUT2D eigenvalue weighted by molar-refractivity contribution is -0.957. The Morgan fingerprint density at radius 3 is 2.56 bits per heavy atom. The van der Waals surface area contributed by atoms with Gasteiger partial charge in [-0.05, 0) is 29.3 Å². The maximum absolute atomic E-state index is 5.77. The van der Waals surface area contributed by atoms with E-state index in [1.807, 2.05) is 6.07 Å². The number of nitrogens with zero attached hydrogens (tertiary/aromatic N) is 1. The fourth-order valence-corrected chi connectivity index (χ4v) is 5.46. The van der Waals surface area contributed by atoms with E-state index in [1.54, 1.807) is 14.2 Å². The Hall–Kier alpha value is -2.40. The largest absolute Gasteiger partial charge is 0.493 e. The summed E-state index contributed by atoms with van der Waals surface area (Å²) in [5.74, 6) is 3.84. The number of rotatable bonds is 2. The molecule has 5 nitrogen and oxygen atoms in total. The molecule has 0 saturated heterocycles. The SMILES string of the molecule is COc1ccc2c(c1OC)C[N@@+]1(C)CCc3cc4c(cc3[C@H]1[C@H]2C)OCO4. The smallest absolute Gasteiger partial charge is 0.231 e. The van der Waals surface area contributed by atoms with Gasteiger partial charge >= 0.3 is 0 Å². The van der Waals surface area contributed by atoms with Gasteiger partial charge in [0.1, 0.15) is 12.6 Å². The Morgan fingerprint density at radius 1 is 1.04 bits per heavy atom. The minimum absolute atomic E-state index is 0.324. The summed E-state index contributed by atoms with van der Waals surface area (Å²) in [6.07, 6.45) is 1.05. The van der Waals surface area contributed by atoms with Crippen molar-refractivity contribution in [3.63, 3.8) is 0 Å². The van der Waals surface area contributed by atoms with E-state index < -0.39 is 0 Å². The van der Waals surface area contributed by atoms with Crippen molar-refractivity contribution in [1.82, 2.24) is 0 Å².